The summed E-state index contributed by atoms with van der Waals surface area (Å²) in [4.78, 5) is 6.65. The van der Waals surface area contributed by atoms with Crippen LogP contribution in [0.3, 0.4) is 0 Å². The average Bonchev–Trinajstić information content (AvgIpc) is 3.09. The van der Waals surface area contributed by atoms with Crippen molar-refractivity contribution in [2.45, 2.75) is 44.3 Å². The minimum absolute atomic E-state index is 0.371. The highest BCUT2D eigenvalue weighted by molar-refractivity contribution is 5.42. The molecule has 2 aromatic rings. The van der Waals surface area contributed by atoms with E-state index in [1.807, 2.05) is 6.07 Å². The summed E-state index contributed by atoms with van der Waals surface area (Å²) in [5.74, 6) is 1.73. The normalized spacial score (nSPS) is 23.4. The predicted octanol–water partition coefficient (Wildman–Crippen LogP) is 2.03. The Morgan fingerprint density at radius 3 is 2.85 bits per heavy atom. The van der Waals surface area contributed by atoms with Gasteiger partial charge in [-0.05, 0) is 44.9 Å². The number of nitrogens with two attached hydrogens (primary N) is 1. The molecule has 2 aromatic heterocycles. The van der Waals surface area contributed by atoms with Crippen LogP contribution >= 0.6 is 0 Å². The predicted molar refractivity (Wildman–Crippen MR) is 73.7 cm³/mol. The second-order valence-electron chi connectivity index (χ2n) is 5.48. The molecular weight excluding hydrogens is 256 g/mol. The molecule has 0 aliphatic heterocycles. The third-order valence-corrected chi connectivity index (χ3v) is 3.96. The molecule has 6 heteroatoms. The Kier molecular flexibility index (Phi) is 3.84. The van der Waals surface area contributed by atoms with Crippen LogP contribution in [0.2, 0.25) is 0 Å². The molecule has 0 saturated heterocycles. The number of hydrogen-bond acceptors (Lipinski definition) is 6. The minimum Gasteiger partial charge on any atom is -0.459 e. The lowest BCUT2D eigenvalue weighted by atomic mass is 9.91. The van der Waals surface area contributed by atoms with Gasteiger partial charge in [-0.25, -0.2) is 0 Å². The highest BCUT2D eigenvalue weighted by atomic mass is 16.5. The van der Waals surface area contributed by atoms with E-state index in [1.165, 1.54) is 0 Å². The molecule has 0 amide bonds. The quantitative estimate of drug-likeness (QED) is 0.920. The number of hydrogen-bond donors (Lipinski definition) is 1. The second kappa shape index (κ2) is 5.76. The highest BCUT2D eigenvalue weighted by Crippen LogP contribution is 2.23. The third kappa shape index (κ3) is 2.91. The van der Waals surface area contributed by atoms with Gasteiger partial charge in [-0.3, -0.25) is 4.90 Å². The molecule has 6 nitrogen and oxygen atoms in total. The van der Waals surface area contributed by atoms with E-state index in [1.54, 1.807) is 12.3 Å². The van der Waals surface area contributed by atoms with E-state index in [2.05, 4.69) is 22.1 Å². The number of furan rings is 1. The summed E-state index contributed by atoms with van der Waals surface area (Å²) in [6.45, 7) is 0.685. The van der Waals surface area contributed by atoms with Crippen molar-refractivity contribution >= 4 is 0 Å². The molecule has 108 valence electrons. The maximum atomic E-state index is 5.94. The molecule has 2 heterocycles. The Morgan fingerprint density at radius 1 is 1.35 bits per heavy atom. The third-order valence-electron chi connectivity index (χ3n) is 3.96. The summed E-state index contributed by atoms with van der Waals surface area (Å²) in [5, 5.41) is 4.01. The van der Waals surface area contributed by atoms with Crippen LogP contribution in [0.5, 0.6) is 0 Å². The lowest BCUT2D eigenvalue weighted by Gasteiger charge is -2.32. The van der Waals surface area contributed by atoms with Gasteiger partial charge in [0.1, 0.15) is 0 Å². The number of aromatic nitrogens is 2. The fraction of sp³-hybridized carbons (Fsp3) is 0.571. The van der Waals surface area contributed by atoms with Crippen molar-refractivity contribution in [1.82, 2.24) is 15.0 Å². The maximum Gasteiger partial charge on any atom is 0.293 e. The summed E-state index contributed by atoms with van der Waals surface area (Å²) >= 11 is 0. The van der Waals surface area contributed by atoms with Gasteiger partial charge in [-0.1, -0.05) is 5.16 Å². The van der Waals surface area contributed by atoms with Crippen LogP contribution in [0.15, 0.2) is 27.3 Å². The molecule has 0 aromatic carbocycles. The minimum atomic E-state index is 0.371. The van der Waals surface area contributed by atoms with Crippen molar-refractivity contribution in [3.63, 3.8) is 0 Å². The lowest BCUT2D eigenvalue weighted by molar-refractivity contribution is 0.171. The van der Waals surface area contributed by atoms with Gasteiger partial charge in [-0.15, -0.1) is 0 Å². The molecule has 3 rings (SSSR count). The van der Waals surface area contributed by atoms with Crippen molar-refractivity contribution in [2.24, 2.45) is 5.73 Å². The molecular formula is C14H20N4O2. The molecule has 0 radical (unpaired) electrons. The summed E-state index contributed by atoms with van der Waals surface area (Å²) in [7, 11) is 2.10. The lowest BCUT2D eigenvalue weighted by Crippen LogP contribution is -2.38. The van der Waals surface area contributed by atoms with Crippen LogP contribution in [-0.2, 0) is 6.54 Å². The average molecular weight is 276 g/mol. The first kappa shape index (κ1) is 13.3. The Morgan fingerprint density at radius 2 is 2.15 bits per heavy atom. The van der Waals surface area contributed by atoms with E-state index in [-0.39, 0.29) is 0 Å². The van der Waals surface area contributed by atoms with Gasteiger partial charge in [0.05, 0.1) is 12.8 Å². The van der Waals surface area contributed by atoms with E-state index >= 15 is 0 Å². The first-order valence-corrected chi connectivity index (χ1v) is 7.04. The summed E-state index contributed by atoms with van der Waals surface area (Å²) in [5.41, 5.74) is 5.94. The van der Waals surface area contributed by atoms with Crippen LogP contribution < -0.4 is 5.73 Å². The van der Waals surface area contributed by atoms with Gasteiger partial charge in [0.15, 0.2) is 11.6 Å². The maximum absolute atomic E-state index is 5.94. The standard InChI is InChI=1S/C14H20N4O2/c1-18(11-6-4-10(15)5-7-11)9-13-16-14(20-17-13)12-3-2-8-19-12/h2-3,8,10-11H,4-7,9,15H2,1H3. The van der Waals surface area contributed by atoms with Crippen molar-refractivity contribution in [3.05, 3.63) is 24.2 Å². The van der Waals surface area contributed by atoms with Gasteiger partial charge >= 0.3 is 0 Å². The summed E-state index contributed by atoms with van der Waals surface area (Å²) in [6.07, 6.45) is 6.06. The Balaban J connectivity index is 1.60. The zero-order chi connectivity index (χ0) is 13.9. The van der Waals surface area contributed by atoms with E-state index < -0.39 is 0 Å². The summed E-state index contributed by atoms with van der Waals surface area (Å²) < 4.78 is 10.5. The fourth-order valence-electron chi connectivity index (χ4n) is 2.71. The Hall–Kier alpha value is -1.66. The van der Waals surface area contributed by atoms with Crippen LogP contribution in [-0.4, -0.2) is 34.2 Å². The van der Waals surface area contributed by atoms with Crippen LogP contribution in [0.25, 0.3) is 11.7 Å². The summed E-state index contributed by atoms with van der Waals surface area (Å²) in [6, 6.07) is 4.54. The molecule has 2 N–H and O–H groups in total. The van der Waals surface area contributed by atoms with Crippen molar-refractivity contribution in [2.75, 3.05) is 7.05 Å². The number of nitrogens with zero attached hydrogens (tertiary/aromatic N) is 3. The van der Waals surface area contributed by atoms with Crippen LogP contribution in [0, 0.1) is 0 Å². The van der Waals surface area contributed by atoms with Crippen LogP contribution in [0.1, 0.15) is 31.5 Å². The Labute approximate surface area is 117 Å². The largest absolute Gasteiger partial charge is 0.459 e. The highest BCUT2D eigenvalue weighted by Gasteiger charge is 2.23. The van der Waals surface area contributed by atoms with Gasteiger partial charge in [0, 0.05) is 12.1 Å². The van der Waals surface area contributed by atoms with Gasteiger partial charge < -0.3 is 14.7 Å². The zero-order valence-corrected chi connectivity index (χ0v) is 11.7. The molecule has 1 fully saturated rings. The fourth-order valence-corrected chi connectivity index (χ4v) is 2.71. The molecule has 0 atom stereocenters. The zero-order valence-electron chi connectivity index (χ0n) is 11.7. The molecule has 1 aliphatic carbocycles. The monoisotopic (exact) mass is 276 g/mol. The van der Waals surface area contributed by atoms with Gasteiger partial charge in [0.25, 0.3) is 5.89 Å². The van der Waals surface area contributed by atoms with Crippen molar-refractivity contribution in [3.8, 4) is 11.7 Å². The van der Waals surface area contributed by atoms with E-state index in [4.69, 9.17) is 14.7 Å². The van der Waals surface area contributed by atoms with E-state index in [0.717, 1.165) is 25.7 Å². The van der Waals surface area contributed by atoms with Crippen LogP contribution in [0.4, 0.5) is 0 Å². The van der Waals surface area contributed by atoms with Gasteiger partial charge in [0.2, 0.25) is 0 Å². The van der Waals surface area contributed by atoms with Crippen molar-refractivity contribution in [1.29, 1.82) is 0 Å². The first-order chi connectivity index (χ1) is 9.72. The molecule has 0 unspecified atom stereocenters. The Bertz CT molecular complexity index is 529. The SMILES string of the molecule is CN(Cc1noc(-c2ccco2)n1)C1CCC(N)CC1. The smallest absolute Gasteiger partial charge is 0.293 e. The molecule has 0 bridgehead atoms. The topological polar surface area (TPSA) is 81.3 Å². The van der Waals surface area contributed by atoms with Crippen molar-refractivity contribution < 1.29 is 8.94 Å². The van der Waals surface area contributed by atoms with Gasteiger partial charge in [-0.2, -0.15) is 4.98 Å². The van der Waals surface area contributed by atoms with E-state index in [0.29, 0.717) is 36.1 Å². The molecule has 0 spiro atoms. The molecule has 20 heavy (non-hydrogen) atoms. The molecule has 1 aliphatic rings. The first-order valence-electron chi connectivity index (χ1n) is 7.04. The number of rotatable bonds is 4. The molecule has 1 saturated carbocycles. The second-order valence-corrected chi connectivity index (χ2v) is 5.48. The van der Waals surface area contributed by atoms with E-state index in [9.17, 15) is 0 Å².